The molecule has 138 valence electrons. The van der Waals surface area contributed by atoms with Crippen LogP contribution in [0, 0.1) is 5.92 Å². The van der Waals surface area contributed by atoms with Crippen LogP contribution >= 0.6 is 0 Å². The number of aromatic nitrogens is 1. The molecule has 6 nitrogen and oxygen atoms in total. The molecule has 6 heteroatoms. The number of nitrogens with zero attached hydrogens (tertiary/aromatic N) is 4. The third-order valence-electron chi connectivity index (χ3n) is 5.67. The van der Waals surface area contributed by atoms with Crippen molar-refractivity contribution in [3.8, 4) is 0 Å². The molecule has 0 aromatic carbocycles. The monoisotopic (exact) mass is 346 g/mol. The summed E-state index contributed by atoms with van der Waals surface area (Å²) in [7, 11) is 1.78. The van der Waals surface area contributed by atoms with E-state index in [1.807, 2.05) is 17.2 Å². The Kier molecular flexibility index (Phi) is 5.59. The molecule has 0 bridgehead atoms. The van der Waals surface area contributed by atoms with Crippen LogP contribution in [0.25, 0.3) is 0 Å². The molecule has 2 fully saturated rings. The second-order valence-electron chi connectivity index (χ2n) is 7.62. The minimum Gasteiger partial charge on any atom is -0.342 e. The number of aryl methyl sites for hydroxylation is 1. The average molecular weight is 346 g/mol. The van der Waals surface area contributed by atoms with E-state index in [-0.39, 0.29) is 11.5 Å². The van der Waals surface area contributed by atoms with Gasteiger partial charge in [-0.1, -0.05) is 6.92 Å². The molecular weight excluding hydrogens is 316 g/mol. The van der Waals surface area contributed by atoms with Crippen molar-refractivity contribution >= 4 is 5.91 Å². The van der Waals surface area contributed by atoms with Crippen molar-refractivity contribution in [3.05, 3.63) is 34.2 Å². The van der Waals surface area contributed by atoms with Gasteiger partial charge in [0.2, 0.25) is 5.91 Å². The predicted octanol–water partition coefficient (Wildman–Crippen LogP) is 0.760. The molecule has 3 heterocycles. The zero-order chi connectivity index (χ0) is 18.0. The molecule has 25 heavy (non-hydrogen) atoms. The summed E-state index contributed by atoms with van der Waals surface area (Å²) >= 11 is 0. The molecule has 0 N–H and O–H groups in total. The van der Waals surface area contributed by atoms with Crippen molar-refractivity contribution in [3.63, 3.8) is 0 Å². The van der Waals surface area contributed by atoms with Crippen molar-refractivity contribution in [1.82, 2.24) is 19.3 Å². The lowest BCUT2D eigenvalue weighted by Gasteiger charge is -2.30. The highest BCUT2D eigenvalue weighted by atomic mass is 16.2. The van der Waals surface area contributed by atoms with Gasteiger partial charge in [-0.05, 0) is 24.0 Å². The molecule has 3 rings (SSSR count). The normalized spacial score (nSPS) is 26.0. The number of carbonyl (C=O) groups excluding carboxylic acids is 1. The minimum atomic E-state index is 0.0538. The second kappa shape index (κ2) is 7.70. The fourth-order valence-corrected chi connectivity index (χ4v) is 4.18. The van der Waals surface area contributed by atoms with Gasteiger partial charge < -0.3 is 9.47 Å². The molecule has 2 aliphatic rings. The number of hydrogen-bond acceptors (Lipinski definition) is 4. The van der Waals surface area contributed by atoms with Crippen LogP contribution in [0.2, 0.25) is 0 Å². The van der Waals surface area contributed by atoms with Gasteiger partial charge in [-0.3, -0.25) is 19.4 Å². The lowest BCUT2D eigenvalue weighted by atomic mass is 10.0. The molecule has 0 spiro atoms. The summed E-state index contributed by atoms with van der Waals surface area (Å²) in [4.78, 5) is 30.4. The smallest absolute Gasteiger partial charge is 0.250 e. The van der Waals surface area contributed by atoms with E-state index in [4.69, 9.17) is 0 Å². The quantitative estimate of drug-likeness (QED) is 0.811. The molecule has 2 atom stereocenters. The van der Waals surface area contributed by atoms with Crippen LogP contribution in [-0.4, -0.2) is 70.5 Å². The van der Waals surface area contributed by atoms with E-state index >= 15 is 0 Å². The van der Waals surface area contributed by atoms with Crippen molar-refractivity contribution in [1.29, 1.82) is 0 Å². The van der Waals surface area contributed by atoms with E-state index < -0.39 is 0 Å². The maximum absolute atomic E-state index is 11.8. The minimum absolute atomic E-state index is 0.0538. The van der Waals surface area contributed by atoms with Crippen molar-refractivity contribution in [2.75, 3.05) is 39.3 Å². The maximum atomic E-state index is 11.8. The SMILES string of the molecule is CC(=O)N1CCCN([C@@H]2CN(Cc3ccn(C)c(=O)c3)C[C@H]2C)CC1. The number of hydrogen-bond donors (Lipinski definition) is 0. The maximum Gasteiger partial charge on any atom is 0.250 e. The van der Waals surface area contributed by atoms with Gasteiger partial charge in [0, 0.05) is 78.1 Å². The third-order valence-corrected chi connectivity index (χ3v) is 5.67. The van der Waals surface area contributed by atoms with Gasteiger partial charge in [0.1, 0.15) is 0 Å². The van der Waals surface area contributed by atoms with Gasteiger partial charge in [0.15, 0.2) is 0 Å². The van der Waals surface area contributed by atoms with Crippen LogP contribution in [0.1, 0.15) is 25.8 Å². The summed E-state index contributed by atoms with van der Waals surface area (Å²) in [6.07, 6.45) is 2.90. The van der Waals surface area contributed by atoms with Crippen molar-refractivity contribution < 1.29 is 4.79 Å². The van der Waals surface area contributed by atoms with E-state index in [9.17, 15) is 9.59 Å². The number of likely N-dealkylation sites (tertiary alicyclic amines) is 1. The van der Waals surface area contributed by atoms with Gasteiger partial charge in [-0.15, -0.1) is 0 Å². The molecule has 2 saturated heterocycles. The van der Waals surface area contributed by atoms with Crippen molar-refractivity contribution in [2.45, 2.75) is 32.9 Å². The summed E-state index contributed by atoms with van der Waals surface area (Å²) in [5.41, 5.74) is 1.15. The second-order valence-corrected chi connectivity index (χ2v) is 7.62. The molecule has 0 saturated carbocycles. The number of rotatable bonds is 3. The summed E-state index contributed by atoms with van der Waals surface area (Å²) in [6, 6.07) is 4.32. The third kappa shape index (κ3) is 4.30. The van der Waals surface area contributed by atoms with Crippen LogP contribution < -0.4 is 5.56 Å². The highest BCUT2D eigenvalue weighted by Crippen LogP contribution is 2.24. The summed E-state index contributed by atoms with van der Waals surface area (Å²) in [5, 5.41) is 0. The molecule has 0 unspecified atom stereocenters. The molecule has 1 aromatic heterocycles. The Bertz CT molecular complexity index is 672. The van der Waals surface area contributed by atoms with E-state index in [1.54, 1.807) is 24.6 Å². The lowest BCUT2D eigenvalue weighted by Crippen LogP contribution is -2.42. The van der Waals surface area contributed by atoms with Crippen LogP contribution in [0.4, 0.5) is 0 Å². The zero-order valence-corrected chi connectivity index (χ0v) is 15.6. The molecule has 1 amide bonds. The Morgan fingerprint density at radius 3 is 2.72 bits per heavy atom. The largest absolute Gasteiger partial charge is 0.342 e. The molecule has 0 radical (unpaired) electrons. The van der Waals surface area contributed by atoms with E-state index in [0.717, 1.165) is 57.8 Å². The Hall–Kier alpha value is -1.66. The first kappa shape index (κ1) is 18.1. The standard InChI is InChI=1S/C19H30N4O2/c1-15-12-21(13-17-5-8-20(3)19(25)11-17)14-18(15)23-7-4-6-22(9-10-23)16(2)24/h5,8,11,15,18H,4,6-7,9-10,12-14H2,1-3H3/t15-,18-/m1/s1. The van der Waals surface area contributed by atoms with Gasteiger partial charge in [-0.25, -0.2) is 0 Å². The first-order valence-corrected chi connectivity index (χ1v) is 9.31. The Balaban J connectivity index is 1.60. The van der Waals surface area contributed by atoms with Gasteiger partial charge in [0.25, 0.3) is 5.56 Å². The van der Waals surface area contributed by atoms with E-state index in [1.165, 1.54) is 0 Å². The summed E-state index contributed by atoms with van der Waals surface area (Å²) in [6.45, 7) is 10.7. The van der Waals surface area contributed by atoms with Crippen LogP contribution in [-0.2, 0) is 18.4 Å². The fourth-order valence-electron chi connectivity index (χ4n) is 4.18. The average Bonchev–Trinajstić information content (AvgIpc) is 2.78. The van der Waals surface area contributed by atoms with Crippen LogP contribution in [0.3, 0.4) is 0 Å². The number of pyridine rings is 1. The highest BCUT2D eigenvalue weighted by Gasteiger charge is 2.34. The highest BCUT2D eigenvalue weighted by molar-refractivity contribution is 5.73. The zero-order valence-electron chi connectivity index (χ0n) is 15.6. The fraction of sp³-hybridized carbons (Fsp3) is 0.684. The Morgan fingerprint density at radius 1 is 1.20 bits per heavy atom. The van der Waals surface area contributed by atoms with Gasteiger partial charge in [-0.2, -0.15) is 0 Å². The first-order chi connectivity index (χ1) is 11.9. The van der Waals surface area contributed by atoms with E-state index in [2.05, 4.69) is 16.7 Å². The predicted molar refractivity (Wildman–Crippen MR) is 98.4 cm³/mol. The molecule has 0 aliphatic carbocycles. The van der Waals surface area contributed by atoms with Crippen LogP contribution in [0.15, 0.2) is 23.1 Å². The molecule has 1 aromatic rings. The number of carbonyl (C=O) groups is 1. The number of amides is 1. The molecular formula is C19H30N4O2. The van der Waals surface area contributed by atoms with Gasteiger partial charge >= 0.3 is 0 Å². The summed E-state index contributed by atoms with van der Waals surface area (Å²) in [5.74, 6) is 0.795. The summed E-state index contributed by atoms with van der Waals surface area (Å²) < 4.78 is 1.61. The molecule has 2 aliphatic heterocycles. The topological polar surface area (TPSA) is 48.8 Å². The van der Waals surface area contributed by atoms with Crippen molar-refractivity contribution in [2.24, 2.45) is 13.0 Å². The lowest BCUT2D eigenvalue weighted by molar-refractivity contribution is -0.128. The Labute approximate surface area is 150 Å². The first-order valence-electron chi connectivity index (χ1n) is 9.31. The van der Waals surface area contributed by atoms with Gasteiger partial charge in [0.05, 0.1) is 0 Å². The van der Waals surface area contributed by atoms with Crippen LogP contribution in [0.5, 0.6) is 0 Å². The Morgan fingerprint density at radius 2 is 2.00 bits per heavy atom. The van der Waals surface area contributed by atoms with E-state index in [0.29, 0.717) is 12.0 Å².